The minimum atomic E-state index is -0.744. The van der Waals surface area contributed by atoms with Gasteiger partial charge in [0.2, 0.25) is 11.6 Å². The van der Waals surface area contributed by atoms with E-state index in [1.54, 1.807) is 14.2 Å². The maximum atomic E-state index is 6.47. The third-order valence-electron chi connectivity index (χ3n) is 5.72. The molecule has 0 amide bonds. The molecule has 1 saturated heterocycles. The first-order valence-electron chi connectivity index (χ1n) is 8.02. The number of rotatable bonds is 2. The molecular formula is C16H28O4. The smallest absolute Gasteiger partial charge is 0.224 e. The van der Waals surface area contributed by atoms with Crippen LogP contribution in [0, 0.1) is 11.8 Å². The second-order valence-electron chi connectivity index (χ2n) is 6.87. The van der Waals surface area contributed by atoms with E-state index in [1.165, 1.54) is 12.8 Å². The summed E-state index contributed by atoms with van der Waals surface area (Å²) in [5, 5.41) is 0. The average Bonchev–Trinajstić information content (AvgIpc) is 2.46. The van der Waals surface area contributed by atoms with Gasteiger partial charge in [-0.3, -0.25) is 0 Å². The van der Waals surface area contributed by atoms with Gasteiger partial charge in [0, 0.05) is 27.1 Å². The van der Waals surface area contributed by atoms with Crippen LogP contribution in [0.1, 0.15) is 52.4 Å². The van der Waals surface area contributed by atoms with Gasteiger partial charge in [-0.15, -0.1) is 0 Å². The first kappa shape index (κ1) is 14.8. The Hall–Kier alpha value is -0.160. The Bertz CT molecular complexity index is 326. The summed E-state index contributed by atoms with van der Waals surface area (Å²) in [6.07, 6.45) is 6.56. The summed E-state index contributed by atoms with van der Waals surface area (Å²) in [6.45, 7) is 4.53. The molecule has 2 saturated carbocycles. The van der Waals surface area contributed by atoms with E-state index in [-0.39, 0.29) is 12.2 Å². The van der Waals surface area contributed by atoms with Crippen molar-refractivity contribution in [3.8, 4) is 0 Å². The minimum Gasteiger partial charge on any atom is -0.349 e. The highest BCUT2D eigenvalue weighted by molar-refractivity contribution is 5.02. The second-order valence-corrected chi connectivity index (χ2v) is 6.87. The van der Waals surface area contributed by atoms with Crippen molar-refractivity contribution in [2.45, 2.75) is 76.2 Å². The van der Waals surface area contributed by atoms with Crippen LogP contribution in [0.3, 0.4) is 0 Å². The lowest BCUT2D eigenvalue weighted by Gasteiger charge is -2.60. The molecular weight excluding hydrogens is 256 g/mol. The van der Waals surface area contributed by atoms with Gasteiger partial charge >= 0.3 is 0 Å². The van der Waals surface area contributed by atoms with Crippen LogP contribution in [0.2, 0.25) is 0 Å². The highest BCUT2D eigenvalue weighted by Gasteiger charge is 2.65. The second kappa shape index (κ2) is 5.24. The fraction of sp³-hybridized carbons (Fsp3) is 1.00. The van der Waals surface area contributed by atoms with Gasteiger partial charge in [-0.2, -0.15) is 0 Å². The van der Waals surface area contributed by atoms with E-state index in [0.29, 0.717) is 11.8 Å². The lowest BCUT2D eigenvalue weighted by Crippen LogP contribution is -2.71. The molecule has 3 aliphatic rings. The van der Waals surface area contributed by atoms with E-state index in [1.807, 2.05) is 0 Å². The van der Waals surface area contributed by atoms with Gasteiger partial charge in [-0.05, 0) is 24.7 Å². The summed E-state index contributed by atoms with van der Waals surface area (Å²) in [5.41, 5.74) is 0. The Balaban J connectivity index is 1.94. The predicted octanol–water partition coefficient (Wildman–Crippen LogP) is 3.10. The highest BCUT2D eigenvalue weighted by Crippen LogP contribution is 2.53. The van der Waals surface area contributed by atoms with Gasteiger partial charge in [-0.25, -0.2) is 0 Å². The first-order chi connectivity index (χ1) is 9.56. The minimum absolute atomic E-state index is 0.160. The van der Waals surface area contributed by atoms with Crippen molar-refractivity contribution in [2.75, 3.05) is 14.2 Å². The standard InChI is InChI=1S/C16H28O4/c1-11-9-15(17-3)16(18-4,10-12(11)2)20-14-8-6-5-7-13(14)19-15/h11-14H,5-10H2,1-4H3/t11-,12-,13-,14-,15+,16+/m0/s1. The predicted molar refractivity (Wildman–Crippen MR) is 75.3 cm³/mol. The van der Waals surface area contributed by atoms with Crippen molar-refractivity contribution in [3.63, 3.8) is 0 Å². The molecule has 0 radical (unpaired) electrons. The summed E-state index contributed by atoms with van der Waals surface area (Å²) in [7, 11) is 3.45. The molecule has 4 heteroatoms. The molecule has 0 aromatic carbocycles. The Morgan fingerprint density at radius 2 is 1.20 bits per heavy atom. The summed E-state index contributed by atoms with van der Waals surface area (Å²) in [6, 6.07) is 0. The molecule has 6 atom stereocenters. The van der Waals surface area contributed by atoms with E-state index in [4.69, 9.17) is 18.9 Å². The quantitative estimate of drug-likeness (QED) is 0.781. The zero-order chi connectivity index (χ0) is 14.4. The fourth-order valence-electron chi connectivity index (χ4n) is 4.23. The summed E-state index contributed by atoms with van der Waals surface area (Å²) >= 11 is 0. The highest BCUT2D eigenvalue weighted by atomic mass is 16.8. The Morgan fingerprint density at radius 3 is 1.55 bits per heavy atom. The first-order valence-corrected chi connectivity index (χ1v) is 8.02. The molecule has 0 aromatic heterocycles. The number of ether oxygens (including phenoxy) is 4. The van der Waals surface area contributed by atoms with Crippen LogP contribution in [0.15, 0.2) is 0 Å². The van der Waals surface area contributed by atoms with E-state index in [9.17, 15) is 0 Å². The van der Waals surface area contributed by atoms with Crippen LogP contribution in [0.25, 0.3) is 0 Å². The number of fused-ring (bicyclic) bond motifs is 2. The third kappa shape index (κ3) is 2.04. The number of hydrogen-bond acceptors (Lipinski definition) is 4. The monoisotopic (exact) mass is 284 g/mol. The van der Waals surface area contributed by atoms with Gasteiger partial charge in [0.05, 0.1) is 12.2 Å². The van der Waals surface area contributed by atoms with Crippen LogP contribution >= 0.6 is 0 Å². The fourth-order valence-corrected chi connectivity index (χ4v) is 4.23. The Labute approximate surface area is 122 Å². The molecule has 3 fully saturated rings. The molecule has 1 heterocycles. The van der Waals surface area contributed by atoms with Crippen molar-refractivity contribution in [3.05, 3.63) is 0 Å². The third-order valence-corrected chi connectivity index (χ3v) is 5.72. The zero-order valence-corrected chi connectivity index (χ0v) is 13.2. The molecule has 0 unspecified atom stereocenters. The van der Waals surface area contributed by atoms with Crippen LogP contribution in [-0.2, 0) is 18.9 Å². The molecule has 116 valence electrons. The zero-order valence-electron chi connectivity index (χ0n) is 13.2. The van der Waals surface area contributed by atoms with Gasteiger partial charge in [0.25, 0.3) is 0 Å². The van der Waals surface area contributed by atoms with Crippen molar-refractivity contribution >= 4 is 0 Å². The van der Waals surface area contributed by atoms with E-state index in [0.717, 1.165) is 25.7 Å². The van der Waals surface area contributed by atoms with Crippen molar-refractivity contribution in [1.29, 1.82) is 0 Å². The van der Waals surface area contributed by atoms with Crippen molar-refractivity contribution < 1.29 is 18.9 Å². The summed E-state index contributed by atoms with van der Waals surface area (Å²) in [5.74, 6) is -0.401. The Morgan fingerprint density at radius 1 is 0.800 bits per heavy atom. The van der Waals surface area contributed by atoms with Gasteiger partial charge in [0.15, 0.2) is 0 Å². The molecule has 20 heavy (non-hydrogen) atoms. The summed E-state index contributed by atoms with van der Waals surface area (Å²) in [4.78, 5) is 0. The van der Waals surface area contributed by atoms with E-state index < -0.39 is 11.6 Å². The maximum Gasteiger partial charge on any atom is 0.224 e. The maximum absolute atomic E-state index is 6.47. The Kier molecular flexibility index (Phi) is 3.87. The SMILES string of the molecule is CO[C@@]12C[C@H](C)[C@@H](C)C[C@@]1(OC)O[C@H]1CCCC[C@@H]1O2. The number of hydrogen-bond donors (Lipinski definition) is 0. The molecule has 0 N–H and O–H groups in total. The molecule has 4 nitrogen and oxygen atoms in total. The summed E-state index contributed by atoms with van der Waals surface area (Å²) < 4.78 is 24.7. The van der Waals surface area contributed by atoms with Gasteiger partial charge < -0.3 is 18.9 Å². The molecule has 3 rings (SSSR count). The molecule has 0 aromatic rings. The van der Waals surface area contributed by atoms with Crippen molar-refractivity contribution in [2.24, 2.45) is 11.8 Å². The van der Waals surface area contributed by atoms with E-state index >= 15 is 0 Å². The van der Waals surface area contributed by atoms with E-state index in [2.05, 4.69) is 13.8 Å². The van der Waals surface area contributed by atoms with Gasteiger partial charge in [0.1, 0.15) is 0 Å². The normalized spacial score (nSPS) is 52.2. The lowest BCUT2D eigenvalue weighted by atomic mass is 9.73. The van der Waals surface area contributed by atoms with Crippen LogP contribution < -0.4 is 0 Å². The van der Waals surface area contributed by atoms with Crippen molar-refractivity contribution in [1.82, 2.24) is 0 Å². The number of methoxy groups -OCH3 is 2. The average molecular weight is 284 g/mol. The van der Waals surface area contributed by atoms with Crippen LogP contribution in [0.4, 0.5) is 0 Å². The molecule has 0 bridgehead atoms. The molecule has 2 aliphatic carbocycles. The molecule has 0 spiro atoms. The molecule has 1 aliphatic heterocycles. The van der Waals surface area contributed by atoms with Crippen LogP contribution in [0.5, 0.6) is 0 Å². The lowest BCUT2D eigenvalue weighted by molar-refractivity contribution is -0.478. The topological polar surface area (TPSA) is 36.9 Å². The van der Waals surface area contributed by atoms with Gasteiger partial charge in [-0.1, -0.05) is 26.7 Å². The van der Waals surface area contributed by atoms with Crippen LogP contribution in [-0.4, -0.2) is 38.0 Å². The largest absolute Gasteiger partial charge is 0.349 e.